The van der Waals surface area contributed by atoms with Crippen molar-refractivity contribution in [2.24, 2.45) is 5.92 Å². The molecule has 1 saturated heterocycles. The molecule has 1 aliphatic heterocycles. The van der Waals surface area contributed by atoms with Crippen LogP contribution in [0.4, 0.5) is 8.78 Å². The van der Waals surface area contributed by atoms with Crippen molar-refractivity contribution in [1.82, 2.24) is 4.90 Å². The number of amides is 1. The number of likely N-dealkylation sites (tertiary alicyclic amines) is 1. The first-order chi connectivity index (χ1) is 9.89. The van der Waals surface area contributed by atoms with Crippen LogP contribution in [0.15, 0.2) is 0 Å². The zero-order valence-electron chi connectivity index (χ0n) is 12.7. The molecule has 1 saturated carbocycles. The van der Waals surface area contributed by atoms with Gasteiger partial charge in [-0.05, 0) is 32.6 Å². The largest absolute Gasteiger partial charge is 0.339 e. The number of Topliss-reactive ketones (excluding diaryl/α,β-unsaturated/α-hetero) is 1. The summed E-state index contributed by atoms with van der Waals surface area (Å²) in [5, 5.41) is 0. The SMILES string of the molecule is CC(=O)CC1CCCCCN1C(=O)C1CCC(F)(F)CC1. The van der Waals surface area contributed by atoms with Crippen LogP contribution in [0.5, 0.6) is 0 Å². The minimum Gasteiger partial charge on any atom is -0.339 e. The number of alkyl halides is 2. The van der Waals surface area contributed by atoms with Gasteiger partial charge in [-0.1, -0.05) is 12.8 Å². The first-order valence-corrected chi connectivity index (χ1v) is 8.07. The fourth-order valence-corrected chi connectivity index (χ4v) is 3.53. The van der Waals surface area contributed by atoms with Crippen LogP contribution in [0, 0.1) is 5.92 Å². The number of carbonyl (C=O) groups is 2. The first kappa shape index (κ1) is 16.4. The first-order valence-electron chi connectivity index (χ1n) is 8.07. The summed E-state index contributed by atoms with van der Waals surface area (Å²) in [7, 11) is 0. The Bertz CT molecular complexity index is 388. The maximum absolute atomic E-state index is 13.2. The average Bonchev–Trinajstić information content (AvgIpc) is 2.63. The highest BCUT2D eigenvalue weighted by molar-refractivity contribution is 5.81. The predicted molar refractivity (Wildman–Crippen MR) is 76.2 cm³/mol. The zero-order valence-corrected chi connectivity index (χ0v) is 12.7. The van der Waals surface area contributed by atoms with Crippen molar-refractivity contribution in [2.75, 3.05) is 6.54 Å². The lowest BCUT2D eigenvalue weighted by Gasteiger charge is -2.35. The van der Waals surface area contributed by atoms with Gasteiger partial charge in [-0.25, -0.2) is 8.78 Å². The lowest BCUT2D eigenvalue weighted by molar-refractivity contribution is -0.142. The highest BCUT2D eigenvalue weighted by Crippen LogP contribution is 2.37. The highest BCUT2D eigenvalue weighted by atomic mass is 19.3. The maximum Gasteiger partial charge on any atom is 0.248 e. The van der Waals surface area contributed by atoms with Crippen LogP contribution in [0.25, 0.3) is 0 Å². The molecule has 2 fully saturated rings. The van der Waals surface area contributed by atoms with E-state index in [0.29, 0.717) is 13.0 Å². The second kappa shape index (κ2) is 6.84. The molecule has 0 aromatic rings. The summed E-state index contributed by atoms with van der Waals surface area (Å²) in [6, 6.07) is -0.0278. The van der Waals surface area contributed by atoms with Gasteiger partial charge in [0.1, 0.15) is 5.78 Å². The molecule has 0 aromatic carbocycles. The van der Waals surface area contributed by atoms with Gasteiger partial charge >= 0.3 is 0 Å². The summed E-state index contributed by atoms with van der Waals surface area (Å²) < 4.78 is 26.5. The van der Waals surface area contributed by atoms with E-state index in [1.165, 1.54) is 0 Å². The second-order valence-electron chi connectivity index (χ2n) is 6.57. The van der Waals surface area contributed by atoms with E-state index in [-0.39, 0.29) is 49.3 Å². The van der Waals surface area contributed by atoms with Crippen LogP contribution < -0.4 is 0 Å². The van der Waals surface area contributed by atoms with Crippen LogP contribution in [-0.2, 0) is 9.59 Å². The molecule has 1 atom stereocenters. The lowest BCUT2D eigenvalue weighted by atomic mass is 9.85. The van der Waals surface area contributed by atoms with Crippen LogP contribution in [-0.4, -0.2) is 35.1 Å². The molecule has 120 valence electrons. The molecule has 2 aliphatic rings. The smallest absolute Gasteiger partial charge is 0.248 e. The fourth-order valence-electron chi connectivity index (χ4n) is 3.53. The molecular formula is C16H25F2NO2. The molecule has 0 bridgehead atoms. The van der Waals surface area contributed by atoms with E-state index in [2.05, 4.69) is 0 Å². The Labute approximate surface area is 125 Å². The summed E-state index contributed by atoms with van der Waals surface area (Å²) in [4.78, 5) is 25.9. The van der Waals surface area contributed by atoms with Crippen molar-refractivity contribution in [2.45, 2.75) is 76.7 Å². The molecule has 5 heteroatoms. The molecule has 1 unspecified atom stereocenters. The number of ketones is 1. The van der Waals surface area contributed by atoms with Crippen molar-refractivity contribution in [3.63, 3.8) is 0 Å². The number of rotatable bonds is 3. The van der Waals surface area contributed by atoms with Gasteiger partial charge in [0.2, 0.25) is 11.8 Å². The third-order valence-corrected chi connectivity index (χ3v) is 4.75. The van der Waals surface area contributed by atoms with Gasteiger partial charge < -0.3 is 4.90 Å². The maximum atomic E-state index is 13.2. The Kier molecular flexibility index (Phi) is 5.33. The Morgan fingerprint density at radius 2 is 1.76 bits per heavy atom. The van der Waals surface area contributed by atoms with E-state index >= 15 is 0 Å². The monoisotopic (exact) mass is 301 g/mol. The second-order valence-corrected chi connectivity index (χ2v) is 6.57. The molecule has 0 radical (unpaired) electrons. The van der Waals surface area contributed by atoms with Crippen molar-refractivity contribution in [1.29, 1.82) is 0 Å². The van der Waals surface area contributed by atoms with Gasteiger partial charge in [-0.3, -0.25) is 9.59 Å². The normalized spacial score (nSPS) is 27.2. The van der Waals surface area contributed by atoms with E-state index in [1.807, 2.05) is 4.90 Å². The van der Waals surface area contributed by atoms with Gasteiger partial charge in [-0.2, -0.15) is 0 Å². The van der Waals surface area contributed by atoms with Crippen LogP contribution in [0.3, 0.4) is 0 Å². The summed E-state index contributed by atoms with van der Waals surface area (Å²) >= 11 is 0. The van der Waals surface area contributed by atoms with Crippen LogP contribution in [0.2, 0.25) is 0 Å². The molecule has 1 aliphatic carbocycles. The molecule has 21 heavy (non-hydrogen) atoms. The molecule has 0 N–H and O–H groups in total. The zero-order chi connectivity index (χ0) is 15.5. The van der Waals surface area contributed by atoms with Gasteiger partial charge in [0.25, 0.3) is 0 Å². The van der Waals surface area contributed by atoms with E-state index < -0.39 is 5.92 Å². The van der Waals surface area contributed by atoms with E-state index in [0.717, 1.165) is 25.7 Å². The number of halogens is 2. The van der Waals surface area contributed by atoms with Crippen LogP contribution >= 0.6 is 0 Å². The van der Waals surface area contributed by atoms with E-state index in [9.17, 15) is 18.4 Å². The number of hydrogen-bond donors (Lipinski definition) is 0. The van der Waals surface area contributed by atoms with Crippen molar-refractivity contribution >= 4 is 11.7 Å². The topological polar surface area (TPSA) is 37.4 Å². The summed E-state index contributed by atoms with van der Waals surface area (Å²) in [6.07, 6.45) is 4.48. The highest BCUT2D eigenvalue weighted by Gasteiger charge is 2.39. The minimum atomic E-state index is -2.60. The lowest BCUT2D eigenvalue weighted by Crippen LogP contribution is -2.45. The van der Waals surface area contributed by atoms with Crippen molar-refractivity contribution < 1.29 is 18.4 Å². The van der Waals surface area contributed by atoms with Crippen molar-refractivity contribution in [3.05, 3.63) is 0 Å². The Balaban J connectivity index is 2.02. The van der Waals surface area contributed by atoms with Gasteiger partial charge in [0.05, 0.1) is 0 Å². The number of nitrogens with zero attached hydrogens (tertiary/aromatic N) is 1. The summed E-state index contributed by atoms with van der Waals surface area (Å²) in [5.74, 6) is -2.79. The molecule has 0 spiro atoms. The Morgan fingerprint density at radius 3 is 2.38 bits per heavy atom. The standard InChI is InChI=1S/C16H25F2NO2/c1-12(20)11-14-5-3-2-4-10-19(14)15(21)13-6-8-16(17,18)9-7-13/h13-14H,2-11H2,1H3. The van der Waals surface area contributed by atoms with Gasteiger partial charge in [0, 0.05) is 37.8 Å². The predicted octanol–water partition coefficient (Wildman–Crippen LogP) is 3.56. The van der Waals surface area contributed by atoms with Crippen LogP contribution in [0.1, 0.15) is 64.7 Å². The number of hydrogen-bond acceptors (Lipinski definition) is 2. The van der Waals surface area contributed by atoms with Gasteiger partial charge in [0.15, 0.2) is 0 Å². The molecule has 2 rings (SSSR count). The summed E-state index contributed by atoms with van der Waals surface area (Å²) in [5.41, 5.74) is 0. The molecule has 3 nitrogen and oxygen atoms in total. The molecule has 0 aromatic heterocycles. The number of carbonyl (C=O) groups excluding carboxylic acids is 2. The minimum absolute atomic E-state index is 0.00125. The fraction of sp³-hybridized carbons (Fsp3) is 0.875. The third kappa shape index (κ3) is 4.48. The quantitative estimate of drug-likeness (QED) is 0.799. The van der Waals surface area contributed by atoms with Crippen molar-refractivity contribution in [3.8, 4) is 0 Å². The third-order valence-electron chi connectivity index (χ3n) is 4.75. The van der Waals surface area contributed by atoms with Gasteiger partial charge in [-0.15, -0.1) is 0 Å². The summed E-state index contributed by atoms with van der Waals surface area (Å²) in [6.45, 7) is 2.22. The van der Waals surface area contributed by atoms with E-state index in [1.54, 1.807) is 6.92 Å². The Hall–Kier alpha value is -1.00. The Morgan fingerprint density at radius 1 is 1.10 bits per heavy atom. The molecule has 1 amide bonds. The van der Waals surface area contributed by atoms with E-state index in [4.69, 9.17) is 0 Å². The molecule has 1 heterocycles. The molecular weight excluding hydrogens is 276 g/mol. The average molecular weight is 301 g/mol.